The number of carbonyl (C=O) groups is 1. The molecule has 0 bridgehead atoms. The first-order valence-electron chi connectivity index (χ1n) is 6.57. The largest absolute Gasteiger partial charge is 0.341 e. The first-order chi connectivity index (χ1) is 9.29. The molecule has 0 saturated carbocycles. The van der Waals surface area contributed by atoms with Gasteiger partial charge in [0.05, 0.1) is 16.9 Å². The molecule has 1 aliphatic heterocycles. The second-order valence-electron chi connectivity index (χ2n) is 4.82. The molecule has 0 spiro atoms. The summed E-state index contributed by atoms with van der Waals surface area (Å²) >= 11 is 5.94. The van der Waals surface area contributed by atoms with Gasteiger partial charge in [-0.15, -0.1) is 11.6 Å². The number of amides is 1. The molecule has 19 heavy (non-hydrogen) atoms. The van der Waals surface area contributed by atoms with Crippen LogP contribution in [0, 0.1) is 0 Å². The van der Waals surface area contributed by atoms with Crippen LogP contribution in [0.3, 0.4) is 0 Å². The molecule has 0 radical (unpaired) electrons. The van der Waals surface area contributed by atoms with Crippen LogP contribution in [-0.2, 0) is 17.2 Å². The van der Waals surface area contributed by atoms with Crippen molar-refractivity contribution in [3.8, 4) is 0 Å². The fraction of sp³-hybridized carbons (Fsp3) is 0.429. The van der Waals surface area contributed by atoms with Crippen LogP contribution in [0.1, 0.15) is 18.7 Å². The summed E-state index contributed by atoms with van der Waals surface area (Å²) in [5, 5.41) is 0. The summed E-state index contributed by atoms with van der Waals surface area (Å²) in [6, 6.07) is 7.83. The summed E-state index contributed by atoms with van der Waals surface area (Å²) in [6.45, 7) is 2.09. The van der Waals surface area contributed by atoms with E-state index in [-0.39, 0.29) is 5.91 Å². The first-order valence-corrected chi connectivity index (χ1v) is 7.11. The molecule has 1 aromatic carbocycles. The lowest BCUT2D eigenvalue weighted by atomic mass is 10.3. The molecule has 2 heterocycles. The molecule has 100 valence electrons. The molecule has 3 rings (SSSR count). The van der Waals surface area contributed by atoms with Gasteiger partial charge >= 0.3 is 0 Å². The van der Waals surface area contributed by atoms with Crippen molar-refractivity contribution >= 4 is 28.5 Å². The van der Waals surface area contributed by atoms with Crippen LogP contribution in [-0.4, -0.2) is 33.4 Å². The number of carbonyl (C=O) groups excluding carboxylic acids is 1. The van der Waals surface area contributed by atoms with Gasteiger partial charge in [0.25, 0.3) is 0 Å². The van der Waals surface area contributed by atoms with Gasteiger partial charge in [0, 0.05) is 13.1 Å². The molecular weight excluding hydrogens is 262 g/mol. The molecule has 0 aliphatic carbocycles. The van der Waals surface area contributed by atoms with Gasteiger partial charge in [-0.2, -0.15) is 0 Å². The number of para-hydroxylation sites is 2. The minimum atomic E-state index is 0.159. The topological polar surface area (TPSA) is 38.1 Å². The predicted octanol–water partition coefficient (Wildman–Crippen LogP) is 2.40. The highest BCUT2D eigenvalue weighted by Crippen LogP contribution is 2.18. The molecular formula is C14H16ClN3O. The van der Waals surface area contributed by atoms with E-state index >= 15 is 0 Å². The fourth-order valence-corrected chi connectivity index (χ4v) is 2.81. The molecule has 1 fully saturated rings. The number of nitrogens with zero attached hydrogens (tertiary/aromatic N) is 3. The van der Waals surface area contributed by atoms with E-state index in [2.05, 4.69) is 4.98 Å². The minimum absolute atomic E-state index is 0.159. The Morgan fingerprint density at radius 1 is 1.26 bits per heavy atom. The van der Waals surface area contributed by atoms with Crippen LogP contribution in [0.2, 0.25) is 0 Å². The number of hydrogen-bond donors (Lipinski definition) is 0. The average Bonchev–Trinajstić information content (AvgIpc) is 3.06. The third-order valence-electron chi connectivity index (χ3n) is 3.61. The normalized spacial score (nSPS) is 15.3. The molecule has 0 atom stereocenters. The van der Waals surface area contributed by atoms with E-state index in [9.17, 15) is 4.79 Å². The summed E-state index contributed by atoms with van der Waals surface area (Å²) < 4.78 is 1.93. The highest BCUT2D eigenvalue weighted by Gasteiger charge is 2.20. The van der Waals surface area contributed by atoms with E-state index in [1.165, 1.54) is 0 Å². The van der Waals surface area contributed by atoms with Gasteiger partial charge in [0.2, 0.25) is 5.91 Å². The zero-order chi connectivity index (χ0) is 13.2. The number of alkyl halides is 1. The van der Waals surface area contributed by atoms with Gasteiger partial charge in [0.15, 0.2) is 0 Å². The minimum Gasteiger partial charge on any atom is -0.341 e. The fourth-order valence-electron chi connectivity index (χ4n) is 2.61. The van der Waals surface area contributed by atoms with Crippen molar-refractivity contribution in [1.29, 1.82) is 0 Å². The lowest BCUT2D eigenvalue weighted by molar-refractivity contribution is -0.130. The van der Waals surface area contributed by atoms with Gasteiger partial charge in [-0.05, 0) is 25.0 Å². The average molecular weight is 278 g/mol. The van der Waals surface area contributed by atoms with Gasteiger partial charge in [-0.25, -0.2) is 4.98 Å². The maximum Gasteiger partial charge on any atom is 0.242 e. The number of aromatic nitrogens is 2. The number of fused-ring (bicyclic) bond motifs is 1. The Balaban J connectivity index is 1.92. The Labute approximate surface area is 117 Å². The molecule has 1 aromatic heterocycles. The lowest BCUT2D eigenvalue weighted by Crippen LogP contribution is -2.31. The smallest absolute Gasteiger partial charge is 0.242 e. The summed E-state index contributed by atoms with van der Waals surface area (Å²) in [4.78, 5) is 18.7. The van der Waals surface area contributed by atoms with Gasteiger partial charge in [-0.3, -0.25) is 4.79 Å². The molecule has 4 nitrogen and oxygen atoms in total. The van der Waals surface area contributed by atoms with Crippen molar-refractivity contribution in [3.63, 3.8) is 0 Å². The molecule has 2 aromatic rings. The predicted molar refractivity (Wildman–Crippen MR) is 75.1 cm³/mol. The highest BCUT2D eigenvalue weighted by molar-refractivity contribution is 6.16. The Bertz CT molecular complexity index is 602. The zero-order valence-corrected chi connectivity index (χ0v) is 11.4. The highest BCUT2D eigenvalue weighted by atomic mass is 35.5. The molecule has 1 saturated heterocycles. The standard InChI is InChI=1S/C14H16ClN3O/c15-9-13-16-11-5-1-2-6-12(11)18(13)10-14(19)17-7-3-4-8-17/h1-2,5-6H,3-4,7-10H2. The van der Waals surface area contributed by atoms with Crippen LogP contribution in [0.15, 0.2) is 24.3 Å². The van der Waals surface area contributed by atoms with E-state index < -0.39 is 0 Å². The maximum absolute atomic E-state index is 12.3. The summed E-state index contributed by atoms with van der Waals surface area (Å²) in [5.74, 6) is 1.24. The molecule has 0 unspecified atom stereocenters. The quantitative estimate of drug-likeness (QED) is 0.808. The molecule has 5 heteroatoms. The van der Waals surface area contributed by atoms with E-state index in [0.29, 0.717) is 12.4 Å². The van der Waals surface area contributed by atoms with Crippen molar-refractivity contribution in [2.24, 2.45) is 0 Å². The monoisotopic (exact) mass is 277 g/mol. The Morgan fingerprint density at radius 2 is 2.00 bits per heavy atom. The second kappa shape index (κ2) is 5.21. The van der Waals surface area contributed by atoms with Crippen molar-refractivity contribution in [1.82, 2.24) is 14.5 Å². The van der Waals surface area contributed by atoms with Crippen LogP contribution in [0.4, 0.5) is 0 Å². The first kappa shape index (κ1) is 12.5. The number of likely N-dealkylation sites (tertiary alicyclic amines) is 1. The van der Waals surface area contributed by atoms with Crippen LogP contribution < -0.4 is 0 Å². The van der Waals surface area contributed by atoms with Crippen LogP contribution in [0.5, 0.6) is 0 Å². The van der Waals surface area contributed by atoms with Crippen molar-refractivity contribution in [2.45, 2.75) is 25.3 Å². The van der Waals surface area contributed by atoms with Crippen LogP contribution in [0.25, 0.3) is 11.0 Å². The Morgan fingerprint density at radius 3 is 2.74 bits per heavy atom. The van der Waals surface area contributed by atoms with Crippen molar-refractivity contribution in [2.75, 3.05) is 13.1 Å². The zero-order valence-electron chi connectivity index (χ0n) is 10.7. The van der Waals surface area contributed by atoms with Crippen molar-refractivity contribution < 1.29 is 4.79 Å². The third kappa shape index (κ3) is 2.32. The summed E-state index contributed by atoms with van der Waals surface area (Å²) in [7, 11) is 0. The van der Waals surface area contributed by atoms with Gasteiger partial charge in [-0.1, -0.05) is 12.1 Å². The van der Waals surface area contributed by atoms with Crippen molar-refractivity contribution in [3.05, 3.63) is 30.1 Å². The molecule has 1 amide bonds. The number of imidazole rings is 1. The second-order valence-corrected chi connectivity index (χ2v) is 5.09. The SMILES string of the molecule is O=C(Cn1c(CCl)nc2ccccc21)N1CCCC1. The van der Waals surface area contributed by atoms with E-state index in [1.54, 1.807) is 0 Å². The maximum atomic E-state index is 12.3. The number of rotatable bonds is 3. The van der Waals surface area contributed by atoms with E-state index in [4.69, 9.17) is 11.6 Å². The third-order valence-corrected chi connectivity index (χ3v) is 3.84. The number of halogens is 1. The number of benzene rings is 1. The Kier molecular flexibility index (Phi) is 3.42. The lowest BCUT2D eigenvalue weighted by Gasteiger charge is -2.16. The van der Waals surface area contributed by atoms with Gasteiger partial charge in [0.1, 0.15) is 12.4 Å². The molecule has 1 aliphatic rings. The molecule has 0 N–H and O–H groups in total. The summed E-state index contributed by atoms with van der Waals surface area (Å²) in [6.07, 6.45) is 2.22. The summed E-state index contributed by atoms with van der Waals surface area (Å²) in [5.41, 5.74) is 1.87. The van der Waals surface area contributed by atoms with E-state index in [1.807, 2.05) is 33.7 Å². The number of hydrogen-bond acceptors (Lipinski definition) is 2. The van der Waals surface area contributed by atoms with Crippen LogP contribution >= 0.6 is 11.6 Å². The van der Waals surface area contributed by atoms with E-state index in [0.717, 1.165) is 42.8 Å². The van der Waals surface area contributed by atoms with Gasteiger partial charge < -0.3 is 9.47 Å². The Hall–Kier alpha value is -1.55.